The van der Waals surface area contributed by atoms with Crippen molar-refractivity contribution in [3.8, 4) is 0 Å². The highest BCUT2D eigenvalue weighted by Crippen LogP contribution is 2.11. The van der Waals surface area contributed by atoms with Crippen LogP contribution in [0.2, 0.25) is 0 Å². The van der Waals surface area contributed by atoms with E-state index in [1.54, 1.807) is 7.05 Å². The highest BCUT2D eigenvalue weighted by molar-refractivity contribution is 5.68. The number of hydrogen-bond acceptors (Lipinski definition) is 3. The molecule has 0 saturated carbocycles. The molecule has 0 radical (unpaired) electrons. The maximum atomic E-state index is 12.2. The minimum Gasteiger partial charge on any atom is -0.339 e. The Labute approximate surface area is 104 Å². The Morgan fingerprint density at radius 3 is 2.83 bits per heavy atom. The summed E-state index contributed by atoms with van der Waals surface area (Å²) in [4.78, 5) is 31.2. The Hall–Kier alpha value is -1.85. The molecule has 0 aliphatic carbocycles. The molecule has 98 valence electrons. The van der Waals surface area contributed by atoms with E-state index >= 15 is 0 Å². The molecular weight excluding hydrogens is 232 g/mol. The van der Waals surface area contributed by atoms with E-state index in [0.717, 1.165) is 19.3 Å². The van der Waals surface area contributed by atoms with E-state index in [1.165, 1.54) is 15.5 Å². The Balaban J connectivity index is 2.63. The monoisotopic (exact) mass is 250 g/mol. The number of fused-ring (bicyclic) bond motifs is 1. The number of aromatic nitrogens is 4. The van der Waals surface area contributed by atoms with Gasteiger partial charge in [-0.1, -0.05) is 19.8 Å². The summed E-state index contributed by atoms with van der Waals surface area (Å²) < 4.78 is 2.73. The Kier molecular flexibility index (Phi) is 3.36. The van der Waals surface area contributed by atoms with Gasteiger partial charge in [0, 0.05) is 13.1 Å². The first-order chi connectivity index (χ1) is 8.57. The zero-order chi connectivity index (χ0) is 13.3. The molecule has 6 nitrogen and oxygen atoms in total. The predicted molar refractivity (Wildman–Crippen MR) is 69.8 cm³/mol. The molecule has 2 heterocycles. The van der Waals surface area contributed by atoms with Crippen molar-refractivity contribution in [2.45, 2.75) is 39.2 Å². The molecule has 0 aromatic carbocycles. The van der Waals surface area contributed by atoms with Gasteiger partial charge in [-0.2, -0.15) is 0 Å². The van der Waals surface area contributed by atoms with E-state index < -0.39 is 0 Å². The van der Waals surface area contributed by atoms with Gasteiger partial charge in [0.2, 0.25) is 0 Å². The first-order valence-electron chi connectivity index (χ1n) is 6.22. The van der Waals surface area contributed by atoms with E-state index in [4.69, 9.17) is 0 Å². The molecule has 2 aromatic rings. The minimum atomic E-state index is -0.303. The van der Waals surface area contributed by atoms with Gasteiger partial charge in [-0.25, -0.2) is 9.78 Å². The van der Waals surface area contributed by atoms with Crippen molar-refractivity contribution in [1.29, 1.82) is 0 Å². The van der Waals surface area contributed by atoms with Gasteiger partial charge >= 0.3 is 5.69 Å². The van der Waals surface area contributed by atoms with Crippen molar-refractivity contribution in [2.75, 3.05) is 0 Å². The fraction of sp³-hybridized carbons (Fsp3) is 0.583. The van der Waals surface area contributed by atoms with Crippen molar-refractivity contribution >= 4 is 11.2 Å². The first kappa shape index (κ1) is 12.6. The highest BCUT2D eigenvalue weighted by Gasteiger charge is 2.16. The lowest BCUT2D eigenvalue weighted by molar-refractivity contribution is 0.447. The molecule has 0 aliphatic rings. The molecular formula is C12H18N4O2. The molecule has 0 fully saturated rings. The van der Waals surface area contributed by atoms with Gasteiger partial charge in [-0.05, 0) is 13.3 Å². The predicted octanol–water partition coefficient (Wildman–Crippen LogP) is 1.17. The second kappa shape index (κ2) is 4.80. The molecule has 18 heavy (non-hydrogen) atoms. The Morgan fingerprint density at radius 2 is 2.17 bits per heavy atom. The summed E-state index contributed by atoms with van der Waals surface area (Å²) >= 11 is 0. The van der Waals surface area contributed by atoms with Crippen LogP contribution in [0.1, 0.15) is 39.2 Å². The number of aromatic amines is 1. The zero-order valence-electron chi connectivity index (χ0n) is 10.9. The average molecular weight is 250 g/mol. The molecule has 6 heteroatoms. The number of nitrogens with zero attached hydrogens (tertiary/aromatic N) is 3. The summed E-state index contributed by atoms with van der Waals surface area (Å²) in [6, 6.07) is -0.0937. The summed E-state index contributed by atoms with van der Waals surface area (Å²) in [5.41, 5.74) is 0.210. The molecule has 2 aromatic heterocycles. The van der Waals surface area contributed by atoms with Crippen LogP contribution < -0.4 is 11.2 Å². The fourth-order valence-corrected chi connectivity index (χ4v) is 2.18. The normalized spacial score (nSPS) is 13.1. The molecule has 1 N–H and O–H groups in total. The molecule has 0 saturated heterocycles. The number of unbranched alkanes of at least 4 members (excludes halogenated alkanes) is 1. The first-order valence-corrected chi connectivity index (χ1v) is 6.22. The van der Waals surface area contributed by atoms with E-state index in [9.17, 15) is 9.59 Å². The SMILES string of the molecule is CCCCC(C)n1c(=O)c2[nH]cnc2n(C)c1=O. The van der Waals surface area contributed by atoms with Crippen LogP contribution in [0.15, 0.2) is 15.9 Å². The number of imidazole rings is 1. The second-order valence-corrected chi connectivity index (χ2v) is 4.61. The van der Waals surface area contributed by atoms with Crippen molar-refractivity contribution in [2.24, 2.45) is 7.05 Å². The quantitative estimate of drug-likeness (QED) is 0.885. The lowest BCUT2D eigenvalue weighted by atomic mass is 10.1. The van der Waals surface area contributed by atoms with E-state index in [2.05, 4.69) is 16.9 Å². The van der Waals surface area contributed by atoms with Gasteiger partial charge < -0.3 is 4.98 Å². The number of rotatable bonds is 4. The number of H-pyrrole nitrogens is 1. The van der Waals surface area contributed by atoms with Gasteiger partial charge in [0.25, 0.3) is 5.56 Å². The van der Waals surface area contributed by atoms with E-state index in [0.29, 0.717) is 11.2 Å². The van der Waals surface area contributed by atoms with Gasteiger partial charge in [0.05, 0.1) is 6.33 Å². The largest absolute Gasteiger partial charge is 0.339 e. The molecule has 0 aliphatic heterocycles. The number of aryl methyl sites for hydroxylation is 1. The summed E-state index contributed by atoms with van der Waals surface area (Å²) in [6.45, 7) is 3.99. The third-order valence-corrected chi connectivity index (χ3v) is 3.28. The van der Waals surface area contributed by atoms with E-state index in [1.807, 2.05) is 6.92 Å². The summed E-state index contributed by atoms with van der Waals surface area (Å²) in [6.07, 6.45) is 4.31. The van der Waals surface area contributed by atoms with Crippen molar-refractivity contribution in [3.05, 3.63) is 27.2 Å². The van der Waals surface area contributed by atoms with Crippen LogP contribution in [-0.2, 0) is 7.05 Å². The number of nitrogens with one attached hydrogen (secondary N) is 1. The topological polar surface area (TPSA) is 72.7 Å². The van der Waals surface area contributed by atoms with Gasteiger partial charge in [-0.3, -0.25) is 13.9 Å². The van der Waals surface area contributed by atoms with Gasteiger partial charge in [0.15, 0.2) is 5.65 Å². The van der Waals surface area contributed by atoms with Crippen molar-refractivity contribution in [3.63, 3.8) is 0 Å². The van der Waals surface area contributed by atoms with Crippen LogP contribution in [0.25, 0.3) is 11.2 Å². The third-order valence-electron chi connectivity index (χ3n) is 3.28. The van der Waals surface area contributed by atoms with Crippen molar-refractivity contribution in [1.82, 2.24) is 19.1 Å². The molecule has 2 rings (SSSR count). The third kappa shape index (κ3) is 1.87. The molecule has 1 unspecified atom stereocenters. The van der Waals surface area contributed by atoms with E-state index in [-0.39, 0.29) is 17.3 Å². The fourth-order valence-electron chi connectivity index (χ4n) is 2.18. The summed E-state index contributed by atoms with van der Waals surface area (Å²) in [5, 5.41) is 0. The van der Waals surface area contributed by atoms with Crippen LogP contribution >= 0.6 is 0 Å². The van der Waals surface area contributed by atoms with Crippen LogP contribution in [0.4, 0.5) is 0 Å². The highest BCUT2D eigenvalue weighted by atomic mass is 16.2. The average Bonchev–Trinajstić information content (AvgIpc) is 2.83. The minimum absolute atomic E-state index is 0.0937. The van der Waals surface area contributed by atoms with Crippen LogP contribution in [-0.4, -0.2) is 19.1 Å². The van der Waals surface area contributed by atoms with Crippen molar-refractivity contribution < 1.29 is 0 Å². The smallest absolute Gasteiger partial charge is 0.332 e. The van der Waals surface area contributed by atoms with Gasteiger partial charge in [0.1, 0.15) is 5.52 Å². The standard InChI is InChI=1S/C12H18N4O2/c1-4-5-6-8(2)16-11(17)9-10(14-7-13-9)15(3)12(16)18/h7-8H,4-6H2,1-3H3,(H,13,14). The van der Waals surface area contributed by atoms with Gasteiger partial charge in [-0.15, -0.1) is 0 Å². The Bertz CT molecular complexity index is 665. The maximum absolute atomic E-state index is 12.2. The van der Waals surface area contributed by atoms with Crippen LogP contribution in [0, 0.1) is 0 Å². The summed E-state index contributed by atoms with van der Waals surface area (Å²) in [5.74, 6) is 0. The molecule has 0 bridgehead atoms. The van der Waals surface area contributed by atoms with Crippen LogP contribution in [0.5, 0.6) is 0 Å². The zero-order valence-corrected chi connectivity index (χ0v) is 10.9. The Morgan fingerprint density at radius 1 is 1.44 bits per heavy atom. The molecule has 1 atom stereocenters. The lowest BCUT2D eigenvalue weighted by Crippen LogP contribution is -2.40. The summed E-state index contributed by atoms with van der Waals surface area (Å²) in [7, 11) is 1.63. The molecule has 0 spiro atoms. The van der Waals surface area contributed by atoms with Crippen LogP contribution in [0.3, 0.4) is 0 Å². The molecule has 0 amide bonds. The second-order valence-electron chi connectivity index (χ2n) is 4.61. The lowest BCUT2D eigenvalue weighted by Gasteiger charge is -2.14. The maximum Gasteiger partial charge on any atom is 0.332 e. The number of hydrogen-bond donors (Lipinski definition) is 1.